The fraction of sp³-hybridized carbons (Fsp3) is 0.913. The molecule has 2 aliphatic rings. The van der Waals surface area contributed by atoms with Gasteiger partial charge in [0.25, 0.3) is 0 Å². The van der Waals surface area contributed by atoms with E-state index >= 15 is 0 Å². The molecule has 1 atom stereocenters. The minimum atomic E-state index is -1.06. The Morgan fingerprint density at radius 2 is 1.47 bits per heavy atom. The van der Waals surface area contributed by atoms with Crippen molar-refractivity contribution >= 4 is 12.1 Å². The van der Waals surface area contributed by atoms with Gasteiger partial charge >= 0.3 is 12.1 Å². The van der Waals surface area contributed by atoms with E-state index in [1.54, 1.807) is 20.8 Å². The smallest absolute Gasteiger partial charge is 0.408 e. The molecule has 0 unspecified atom stereocenters. The summed E-state index contributed by atoms with van der Waals surface area (Å²) < 4.78 is 4.99. The molecule has 0 aromatic rings. The molecule has 30 heavy (non-hydrogen) atoms. The molecule has 1 amide bonds. The Labute approximate surface area is 182 Å². The number of nitrogens with two attached hydrogens (primary N) is 1. The Morgan fingerprint density at radius 3 is 1.87 bits per heavy atom. The number of ether oxygens (including phenoxy) is 1. The number of nitrogens with one attached hydrogen (secondary N) is 2. The molecule has 2 fully saturated rings. The lowest BCUT2D eigenvalue weighted by Gasteiger charge is -2.30. The first-order valence-corrected chi connectivity index (χ1v) is 11.9. The zero-order chi connectivity index (χ0) is 22.4. The summed E-state index contributed by atoms with van der Waals surface area (Å²) in [6.45, 7) is 5.67. The third-order valence-electron chi connectivity index (χ3n) is 5.62. The van der Waals surface area contributed by atoms with Crippen molar-refractivity contribution in [3.8, 4) is 0 Å². The summed E-state index contributed by atoms with van der Waals surface area (Å²) in [6.07, 6.45) is 15.6. The molecule has 0 spiro atoms. The highest BCUT2D eigenvalue weighted by Crippen LogP contribution is 2.22. The molecule has 7 heteroatoms. The van der Waals surface area contributed by atoms with E-state index < -0.39 is 23.7 Å². The number of hydrogen-bond donors (Lipinski definition) is 4. The number of rotatable bonds is 8. The highest BCUT2D eigenvalue weighted by molar-refractivity contribution is 5.79. The minimum absolute atomic E-state index is 0.353. The van der Waals surface area contributed by atoms with Crippen molar-refractivity contribution in [2.75, 3.05) is 6.54 Å². The van der Waals surface area contributed by atoms with E-state index in [1.807, 2.05) is 0 Å². The van der Waals surface area contributed by atoms with Crippen LogP contribution in [0.15, 0.2) is 0 Å². The van der Waals surface area contributed by atoms with Crippen molar-refractivity contribution < 1.29 is 19.4 Å². The van der Waals surface area contributed by atoms with Crippen LogP contribution in [-0.2, 0) is 9.53 Å². The molecule has 2 aliphatic carbocycles. The van der Waals surface area contributed by atoms with Crippen molar-refractivity contribution in [1.29, 1.82) is 0 Å². The van der Waals surface area contributed by atoms with Crippen LogP contribution in [0, 0.1) is 0 Å². The Balaban J connectivity index is 0.000000308. The summed E-state index contributed by atoms with van der Waals surface area (Å²) in [5.41, 5.74) is 4.68. The second-order valence-corrected chi connectivity index (χ2v) is 9.66. The van der Waals surface area contributed by atoms with Crippen LogP contribution in [0.2, 0.25) is 0 Å². The number of aliphatic carboxylic acids is 1. The van der Waals surface area contributed by atoms with Gasteiger partial charge in [-0.2, -0.15) is 0 Å². The third kappa shape index (κ3) is 13.1. The standard InChI is InChI=1S/C12H23N.C11H22N2O4/c1-3-7-11(8-4-1)13-12-9-5-2-6-10-12;1-11(2,3)17-10(16)13-8(9(14)15)6-4-5-7-12/h11-13H,1-10H2;8H,4-7,12H2,1-3H3,(H,13,16)(H,14,15)/t;8-/m.0/s1. The fourth-order valence-electron chi connectivity index (χ4n) is 4.07. The molecule has 2 saturated carbocycles. The molecule has 0 radical (unpaired) electrons. The predicted molar refractivity (Wildman–Crippen MR) is 121 cm³/mol. The molecule has 0 aliphatic heterocycles. The zero-order valence-corrected chi connectivity index (χ0v) is 19.4. The van der Waals surface area contributed by atoms with Gasteiger partial charge in [0.15, 0.2) is 0 Å². The number of unbranched alkanes of at least 4 members (excludes halogenated alkanes) is 1. The number of carboxylic acids is 1. The van der Waals surface area contributed by atoms with E-state index in [2.05, 4.69) is 10.6 Å². The Kier molecular flexibility index (Phi) is 13.0. The Bertz CT molecular complexity index is 465. The predicted octanol–water partition coefficient (Wildman–Crippen LogP) is 4.33. The Hall–Kier alpha value is -1.34. The molecule has 5 N–H and O–H groups in total. The topological polar surface area (TPSA) is 114 Å². The molecule has 0 bridgehead atoms. The summed E-state index contributed by atoms with van der Waals surface area (Å²) in [7, 11) is 0. The van der Waals surface area contributed by atoms with E-state index in [1.165, 1.54) is 64.2 Å². The monoisotopic (exact) mass is 427 g/mol. The van der Waals surface area contributed by atoms with E-state index in [9.17, 15) is 9.59 Å². The van der Waals surface area contributed by atoms with Crippen molar-refractivity contribution in [3.63, 3.8) is 0 Å². The lowest BCUT2D eigenvalue weighted by molar-refractivity contribution is -0.139. The second kappa shape index (κ2) is 14.6. The van der Waals surface area contributed by atoms with Gasteiger partial charge in [-0.05, 0) is 72.3 Å². The summed E-state index contributed by atoms with van der Waals surface area (Å²) >= 11 is 0. The molecular weight excluding hydrogens is 382 g/mol. The zero-order valence-electron chi connectivity index (χ0n) is 19.4. The lowest BCUT2D eigenvalue weighted by Crippen LogP contribution is -2.43. The summed E-state index contributed by atoms with van der Waals surface area (Å²) in [5, 5.41) is 15.1. The van der Waals surface area contributed by atoms with Crippen LogP contribution in [0.5, 0.6) is 0 Å². The van der Waals surface area contributed by atoms with Crippen LogP contribution >= 0.6 is 0 Å². The van der Waals surface area contributed by atoms with Gasteiger partial charge in [-0.1, -0.05) is 38.5 Å². The van der Waals surface area contributed by atoms with Gasteiger partial charge in [0, 0.05) is 12.1 Å². The molecular formula is C23H45N3O4. The number of carboxylic acid groups (broad SMARTS) is 1. The van der Waals surface area contributed by atoms with Gasteiger partial charge in [0.05, 0.1) is 0 Å². The first kappa shape index (κ1) is 26.7. The van der Waals surface area contributed by atoms with Gasteiger partial charge < -0.3 is 26.2 Å². The minimum Gasteiger partial charge on any atom is -0.480 e. The molecule has 0 aromatic heterocycles. The maximum atomic E-state index is 11.4. The SMILES string of the molecule is C1CCC(NC2CCCCC2)CC1.CC(C)(C)OC(=O)N[C@@H](CCCCN)C(=O)O. The number of amides is 1. The quantitative estimate of drug-likeness (QED) is 0.429. The van der Waals surface area contributed by atoms with E-state index in [4.69, 9.17) is 15.6 Å². The van der Waals surface area contributed by atoms with Crippen LogP contribution in [0.4, 0.5) is 4.79 Å². The van der Waals surface area contributed by atoms with Crippen molar-refractivity contribution in [1.82, 2.24) is 10.6 Å². The summed E-state index contributed by atoms with van der Waals surface area (Å²) in [6, 6.07) is 0.824. The largest absolute Gasteiger partial charge is 0.480 e. The summed E-state index contributed by atoms with van der Waals surface area (Å²) in [5.74, 6) is -1.06. The van der Waals surface area contributed by atoms with Gasteiger partial charge in [-0.3, -0.25) is 0 Å². The van der Waals surface area contributed by atoms with Crippen LogP contribution in [0.25, 0.3) is 0 Å². The number of hydrogen-bond acceptors (Lipinski definition) is 5. The van der Waals surface area contributed by atoms with Crippen molar-refractivity contribution in [2.24, 2.45) is 5.73 Å². The molecule has 0 aromatic carbocycles. The molecule has 2 rings (SSSR count). The normalized spacial score (nSPS) is 19.3. The maximum absolute atomic E-state index is 11.4. The van der Waals surface area contributed by atoms with Crippen LogP contribution in [0.3, 0.4) is 0 Å². The van der Waals surface area contributed by atoms with Crippen LogP contribution < -0.4 is 16.4 Å². The van der Waals surface area contributed by atoms with Crippen molar-refractivity contribution in [2.45, 2.75) is 128 Å². The van der Waals surface area contributed by atoms with Crippen LogP contribution in [0.1, 0.15) is 104 Å². The molecule has 7 nitrogen and oxygen atoms in total. The van der Waals surface area contributed by atoms with Crippen LogP contribution in [-0.4, -0.2) is 47.4 Å². The van der Waals surface area contributed by atoms with Gasteiger partial charge in [-0.25, -0.2) is 9.59 Å². The average molecular weight is 428 g/mol. The third-order valence-corrected chi connectivity index (χ3v) is 5.62. The average Bonchev–Trinajstić information content (AvgIpc) is 2.68. The van der Waals surface area contributed by atoms with E-state index in [0.717, 1.165) is 18.5 Å². The number of carbonyl (C=O) groups excluding carboxylic acids is 1. The number of alkyl carbamates (subject to hydrolysis) is 1. The molecule has 176 valence electrons. The maximum Gasteiger partial charge on any atom is 0.408 e. The number of carbonyl (C=O) groups is 2. The van der Waals surface area contributed by atoms with Gasteiger partial charge in [0.1, 0.15) is 11.6 Å². The first-order valence-electron chi connectivity index (χ1n) is 11.9. The highest BCUT2D eigenvalue weighted by Gasteiger charge is 2.23. The fourth-order valence-corrected chi connectivity index (χ4v) is 4.07. The first-order chi connectivity index (χ1) is 14.2. The molecule has 0 heterocycles. The second-order valence-electron chi connectivity index (χ2n) is 9.66. The highest BCUT2D eigenvalue weighted by atomic mass is 16.6. The lowest BCUT2D eigenvalue weighted by atomic mass is 9.91. The van der Waals surface area contributed by atoms with E-state index in [-0.39, 0.29) is 0 Å². The summed E-state index contributed by atoms with van der Waals surface area (Å²) in [4.78, 5) is 22.3. The van der Waals surface area contributed by atoms with E-state index in [0.29, 0.717) is 19.4 Å². The van der Waals surface area contributed by atoms with Gasteiger partial charge in [-0.15, -0.1) is 0 Å². The van der Waals surface area contributed by atoms with Gasteiger partial charge in [0.2, 0.25) is 0 Å². The Morgan fingerprint density at radius 1 is 0.967 bits per heavy atom. The molecule has 0 saturated heterocycles. The van der Waals surface area contributed by atoms with Crippen molar-refractivity contribution in [3.05, 3.63) is 0 Å².